The number of pyridine rings is 1. The second kappa shape index (κ2) is 5.76. The smallest absolute Gasteiger partial charge is 0.361 e. The number of esters is 1. The molecule has 3 heterocycles. The monoisotopic (exact) mass is 300 g/mol. The third kappa shape index (κ3) is 2.46. The Morgan fingerprint density at radius 2 is 2.23 bits per heavy atom. The summed E-state index contributed by atoms with van der Waals surface area (Å²) in [7, 11) is 0. The van der Waals surface area contributed by atoms with Crippen molar-refractivity contribution in [3.05, 3.63) is 52.5 Å². The van der Waals surface area contributed by atoms with Gasteiger partial charge in [0.2, 0.25) is 5.69 Å². The van der Waals surface area contributed by atoms with Crippen molar-refractivity contribution in [1.29, 1.82) is 0 Å². The number of hydrogen-bond donors (Lipinski definition) is 0. The van der Waals surface area contributed by atoms with E-state index in [0.717, 1.165) is 0 Å². The molecule has 8 heteroatoms. The molecule has 3 aromatic rings. The highest BCUT2D eigenvalue weighted by Crippen LogP contribution is 2.13. The zero-order chi connectivity index (χ0) is 15.5. The molecular formula is C14H12N4O4. The van der Waals surface area contributed by atoms with Gasteiger partial charge in [-0.15, -0.1) is 0 Å². The van der Waals surface area contributed by atoms with Crippen LogP contribution < -0.4 is 5.56 Å². The molecule has 0 N–H and O–H groups in total. The van der Waals surface area contributed by atoms with E-state index < -0.39 is 11.5 Å². The summed E-state index contributed by atoms with van der Waals surface area (Å²) in [6.45, 7) is 2.07. The van der Waals surface area contributed by atoms with Gasteiger partial charge in [0.25, 0.3) is 11.3 Å². The number of hydrogen-bond acceptors (Lipinski definition) is 7. The standard InChI is InChI=1S/C14H12N4O4/c1-2-21-14(20)11-10-12(22-17-11)16-8-18(13(10)19)7-9-5-3-4-6-15-9/h3-6,8H,2,7H2,1H3. The minimum Gasteiger partial charge on any atom is -0.461 e. The van der Waals surface area contributed by atoms with Crippen molar-refractivity contribution < 1.29 is 14.1 Å². The summed E-state index contributed by atoms with van der Waals surface area (Å²) in [5.74, 6) is -0.712. The van der Waals surface area contributed by atoms with Crippen LogP contribution in [-0.4, -0.2) is 32.3 Å². The first kappa shape index (κ1) is 13.9. The molecule has 3 aromatic heterocycles. The number of ether oxygens (including phenoxy) is 1. The van der Waals surface area contributed by atoms with Gasteiger partial charge in [0.15, 0.2) is 0 Å². The number of carbonyl (C=O) groups excluding carboxylic acids is 1. The fourth-order valence-corrected chi connectivity index (χ4v) is 2.00. The van der Waals surface area contributed by atoms with Crippen LogP contribution in [0.1, 0.15) is 23.1 Å². The van der Waals surface area contributed by atoms with E-state index in [4.69, 9.17) is 9.26 Å². The van der Waals surface area contributed by atoms with E-state index >= 15 is 0 Å². The van der Waals surface area contributed by atoms with Crippen LogP contribution in [0.4, 0.5) is 0 Å². The highest BCUT2D eigenvalue weighted by atomic mass is 16.5. The summed E-state index contributed by atoms with van der Waals surface area (Å²) in [5.41, 5.74) is 0.106. The van der Waals surface area contributed by atoms with E-state index in [-0.39, 0.29) is 29.9 Å². The van der Waals surface area contributed by atoms with Crippen molar-refractivity contribution >= 4 is 17.1 Å². The lowest BCUT2D eigenvalue weighted by molar-refractivity contribution is 0.0516. The van der Waals surface area contributed by atoms with Crippen LogP contribution >= 0.6 is 0 Å². The third-order valence-corrected chi connectivity index (χ3v) is 2.99. The quantitative estimate of drug-likeness (QED) is 0.663. The van der Waals surface area contributed by atoms with Gasteiger partial charge in [-0.2, -0.15) is 0 Å². The first-order valence-electron chi connectivity index (χ1n) is 6.62. The van der Waals surface area contributed by atoms with E-state index in [2.05, 4.69) is 15.1 Å². The maximum Gasteiger partial charge on any atom is 0.361 e. The van der Waals surface area contributed by atoms with Crippen LogP contribution in [-0.2, 0) is 11.3 Å². The van der Waals surface area contributed by atoms with Crippen LogP contribution in [0.2, 0.25) is 0 Å². The molecule has 8 nitrogen and oxygen atoms in total. The largest absolute Gasteiger partial charge is 0.461 e. The summed E-state index contributed by atoms with van der Waals surface area (Å²) in [4.78, 5) is 32.5. The van der Waals surface area contributed by atoms with Gasteiger partial charge in [0.1, 0.15) is 11.7 Å². The van der Waals surface area contributed by atoms with Crippen LogP contribution in [0.3, 0.4) is 0 Å². The van der Waals surface area contributed by atoms with E-state index in [1.54, 1.807) is 25.3 Å². The Balaban J connectivity index is 2.06. The maximum atomic E-state index is 12.5. The topological polar surface area (TPSA) is 100 Å². The molecule has 0 bridgehead atoms. The Morgan fingerprint density at radius 3 is 2.95 bits per heavy atom. The lowest BCUT2D eigenvalue weighted by Crippen LogP contribution is -2.22. The average molecular weight is 300 g/mol. The number of nitrogens with zero attached hydrogens (tertiary/aromatic N) is 4. The first-order valence-corrected chi connectivity index (χ1v) is 6.62. The van der Waals surface area contributed by atoms with Gasteiger partial charge in [0, 0.05) is 6.20 Å². The fraction of sp³-hybridized carbons (Fsp3) is 0.214. The lowest BCUT2D eigenvalue weighted by Gasteiger charge is -2.04. The van der Waals surface area contributed by atoms with Gasteiger partial charge in [-0.05, 0) is 19.1 Å². The van der Waals surface area contributed by atoms with E-state index in [1.807, 2.05) is 6.07 Å². The summed E-state index contributed by atoms with van der Waals surface area (Å²) in [6, 6.07) is 5.39. The van der Waals surface area contributed by atoms with Gasteiger partial charge in [0.05, 0.1) is 18.8 Å². The molecular weight excluding hydrogens is 288 g/mol. The minimum absolute atomic E-state index is 0.00493. The van der Waals surface area contributed by atoms with Gasteiger partial charge >= 0.3 is 5.97 Å². The summed E-state index contributed by atoms with van der Waals surface area (Å²) < 4.78 is 11.1. The molecule has 0 amide bonds. The lowest BCUT2D eigenvalue weighted by atomic mass is 10.3. The highest BCUT2D eigenvalue weighted by molar-refractivity contribution is 5.99. The first-order chi connectivity index (χ1) is 10.7. The zero-order valence-corrected chi connectivity index (χ0v) is 11.7. The molecule has 0 aliphatic carbocycles. The molecule has 0 unspecified atom stereocenters. The SMILES string of the molecule is CCOC(=O)c1noc2ncn(Cc3ccccn3)c(=O)c12. The Labute approximate surface area is 124 Å². The van der Waals surface area contributed by atoms with Gasteiger partial charge in [-0.1, -0.05) is 11.2 Å². The summed E-state index contributed by atoms with van der Waals surface area (Å²) >= 11 is 0. The van der Waals surface area contributed by atoms with Crippen molar-refractivity contribution in [2.45, 2.75) is 13.5 Å². The molecule has 0 fully saturated rings. The van der Waals surface area contributed by atoms with Crippen molar-refractivity contribution in [2.75, 3.05) is 6.61 Å². The van der Waals surface area contributed by atoms with Crippen LogP contribution in [0.5, 0.6) is 0 Å². The van der Waals surface area contributed by atoms with Gasteiger partial charge in [-0.25, -0.2) is 9.78 Å². The van der Waals surface area contributed by atoms with Crippen LogP contribution in [0, 0.1) is 0 Å². The van der Waals surface area contributed by atoms with Crippen molar-refractivity contribution in [1.82, 2.24) is 19.7 Å². The fourth-order valence-electron chi connectivity index (χ4n) is 2.00. The molecule has 0 saturated heterocycles. The van der Waals surface area contributed by atoms with Crippen LogP contribution in [0.25, 0.3) is 11.1 Å². The maximum absolute atomic E-state index is 12.5. The Morgan fingerprint density at radius 1 is 1.36 bits per heavy atom. The zero-order valence-electron chi connectivity index (χ0n) is 11.7. The molecule has 0 atom stereocenters. The molecule has 0 aliphatic heterocycles. The van der Waals surface area contributed by atoms with E-state index in [0.29, 0.717) is 5.69 Å². The molecule has 0 aromatic carbocycles. The molecule has 0 saturated carbocycles. The summed E-state index contributed by atoms with van der Waals surface area (Å²) in [5, 5.41) is 3.59. The van der Waals surface area contributed by atoms with E-state index in [9.17, 15) is 9.59 Å². The van der Waals surface area contributed by atoms with E-state index in [1.165, 1.54) is 10.9 Å². The second-order valence-corrected chi connectivity index (χ2v) is 4.43. The second-order valence-electron chi connectivity index (χ2n) is 4.43. The highest BCUT2D eigenvalue weighted by Gasteiger charge is 2.22. The molecule has 0 spiro atoms. The van der Waals surface area contributed by atoms with Crippen LogP contribution in [0.15, 0.2) is 40.0 Å². The predicted octanol–water partition coefficient (Wildman–Crippen LogP) is 1.00. The molecule has 112 valence electrons. The van der Waals surface area contributed by atoms with Crippen molar-refractivity contribution in [3.63, 3.8) is 0 Å². The predicted molar refractivity (Wildman–Crippen MR) is 75.4 cm³/mol. The summed E-state index contributed by atoms with van der Waals surface area (Å²) in [6.07, 6.45) is 2.97. The molecule has 22 heavy (non-hydrogen) atoms. The third-order valence-electron chi connectivity index (χ3n) is 2.99. The minimum atomic E-state index is -0.712. The number of fused-ring (bicyclic) bond motifs is 1. The average Bonchev–Trinajstić information content (AvgIpc) is 2.96. The number of aromatic nitrogens is 4. The molecule has 0 radical (unpaired) electrons. The van der Waals surface area contributed by atoms with Crippen molar-refractivity contribution in [3.8, 4) is 0 Å². The Hall–Kier alpha value is -3.03. The molecule has 3 rings (SSSR count). The molecule has 0 aliphatic rings. The normalized spacial score (nSPS) is 10.8. The Bertz CT molecular complexity index is 869. The Kier molecular flexibility index (Phi) is 3.65. The van der Waals surface area contributed by atoms with Gasteiger partial charge in [-0.3, -0.25) is 14.3 Å². The van der Waals surface area contributed by atoms with Gasteiger partial charge < -0.3 is 9.26 Å². The number of rotatable bonds is 4. The number of carbonyl (C=O) groups is 1. The van der Waals surface area contributed by atoms with Crippen molar-refractivity contribution in [2.24, 2.45) is 0 Å².